The van der Waals surface area contributed by atoms with Gasteiger partial charge in [0.15, 0.2) is 10.4 Å². The number of hydrogen-bond donors (Lipinski definition) is 1. The molecule has 0 aliphatic rings. The Kier molecular flexibility index (Phi) is 3.55. The predicted molar refractivity (Wildman–Crippen MR) is 84.9 cm³/mol. The maximum Gasteiger partial charge on any atom is 0.179 e. The van der Waals surface area contributed by atoms with Gasteiger partial charge in [-0.2, -0.15) is 0 Å². The molecule has 0 spiro atoms. The zero-order valence-electron chi connectivity index (χ0n) is 11.6. The molecule has 2 aromatic heterocycles. The molecule has 1 aromatic carbocycles. The number of halogens is 2. The second-order valence-corrected chi connectivity index (χ2v) is 5.91. The monoisotopic (exact) mass is 321 g/mol. The Bertz CT molecular complexity index is 875. The van der Waals surface area contributed by atoms with Crippen molar-refractivity contribution in [1.82, 2.24) is 14.5 Å². The molecule has 3 aromatic rings. The van der Waals surface area contributed by atoms with E-state index in [1.54, 1.807) is 26.1 Å². The highest BCUT2D eigenvalue weighted by atomic mass is 35.5. The van der Waals surface area contributed by atoms with Gasteiger partial charge in [-0.15, -0.1) is 0 Å². The highest BCUT2D eigenvalue weighted by Crippen LogP contribution is 2.20. The Morgan fingerprint density at radius 3 is 2.62 bits per heavy atom. The van der Waals surface area contributed by atoms with Gasteiger partial charge in [0.05, 0.1) is 17.1 Å². The van der Waals surface area contributed by atoms with E-state index >= 15 is 0 Å². The van der Waals surface area contributed by atoms with Crippen molar-refractivity contribution in [2.45, 2.75) is 20.4 Å². The number of hydrogen-bond acceptors (Lipinski definition) is 2. The quantitative estimate of drug-likeness (QED) is 0.702. The number of aromatic nitrogens is 3. The summed E-state index contributed by atoms with van der Waals surface area (Å²) in [5.74, 6) is -0.161. The summed E-state index contributed by atoms with van der Waals surface area (Å²) in [6.45, 7) is 4.06. The van der Waals surface area contributed by atoms with Crippen LogP contribution >= 0.6 is 23.8 Å². The van der Waals surface area contributed by atoms with Gasteiger partial charge in [-0.3, -0.25) is 4.57 Å². The minimum atomic E-state index is -0.161. The Balaban J connectivity index is 2.10. The Labute approximate surface area is 131 Å². The van der Waals surface area contributed by atoms with Gasteiger partial charge in [-0.25, -0.2) is 9.37 Å². The third kappa shape index (κ3) is 2.59. The molecule has 108 valence electrons. The van der Waals surface area contributed by atoms with E-state index in [-0.39, 0.29) is 5.82 Å². The van der Waals surface area contributed by atoms with E-state index in [9.17, 15) is 4.39 Å². The normalized spacial score (nSPS) is 11.2. The number of benzene rings is 1. The van der Waals surface area contributed by atoms with Gasteiger partial charge in [-0.05, 0) is 48.8 Å². The first-order chi connectivity index (χ1) is 9.95. The maximum absolute atomic E-state index is 13.7. The van der Waals surface area contributed by atoms with Gasteiger partial charge in [0, 0.05) is 6.20 Å². The van der Waals surface area contributed by atoms with Crippen LogP contribution in [0.5, 0.6) is 0 Å². The molecule has 0 saturated carbocycles. The lowest BCUT2D eigenvalue weighted by Gasteiger charge is -2.08. The molecule has 0 unspecified atom stereocenters. The van der Waals surface area contributed by atoms with Crippen LogP contribution < -0.4 is 0 Å². The minimum absolute atomic E-state index is 0.161. The van der Waals surface area contributed by atoms with Crippen LogP contribution in [0, 0.1) is 24.4 Å². The van der Waals surface area contributed by atoms with Crippen LogP contribution in [0.25, 0.3) is 11.2 Å². The molecule has 1 N–H and O–H groups in total. The first-order valence-electron chi connectivity index (χ1n) is 6.45. The highest BCUT2D eigenvalue weighted by Gasteiger charge is 2.09. The largest absolute Gasteiger partial charge is 0.329 e. The summed E-state index contributed by atoms with van der Waals surface area (Å²) in [4.78, 5) is 7.40. The third-order valence-corrected chi connectivity index (χ3v) is 3.94. The number of H-pyrrole nitrogens is 1. The Hall–Kier alpha value is -1.72. The van der Waals surface area contributed by atoms with Crippen LogP contribution in [-0.2, 0) is 6.54 Å². The van der Waals surface area contributed by atoms with Crippen molar-refractivity contribution in [3.63, 3.8) is 0 Å². The van der Waals surface area contributed by atoms with Crippen molar-refractivity contribution in [2.24, 2.45) is 0 Å². The summed E-state index contributed by atoms with van der Waals surface area (Å²) in [6, 6.07) is 5.45. The molecular weight excluding hydrogens is 309 g/mol. The Morgan fingerprint density at radius 1 is 1.29 bits per heavy atom. The number of pyridine rings is 1. The molecule has 3 rings (SSSR count). The number of rotatable bonds is 2. The number of nitrogens with zero attached hydrogens (tertiary/aromatic N) is 2. The molecule has 0 radical (unpaired) electrons. The average molecular weight is 322 g/mol. The smallest absolute Gasteiger partial charge is 0.179 e. The standard InChI is InChI=1S/C15H13ClFN3S/c1-8-3-10(4-9(2)13(8)17)7-20-14-12(19-15(20)21)5-11(16)6-18-14/h3-6H,7H2,1-2H3,(H,19,21). The van der Waals surface area contributed by atoms with Crippen molar-refractivity contribution in [3.05, 3.63) is 56.7 Å². The lowest BCUT2D eigenvalue weighted by Crippen LogP contribution is -2.02. The lowest BCUT2D eigenvalue weighted by atomic mass is 10.1. The summed E-state index contributed by atoms with van der Waals surface area (Å²) in [7, 11) is 0. The number of nitrogens with one attached hydrogen (secondary N) is 1. The maximum atomic E-state index is 13.7. The second kappa shape index (κ2) is 5.24. The molecule has 2 heterocycles. The lowest BCUT2D eigenvalue weighted by molar-refractivity contribution is 0.607. The van der Waals surface area contributed by atoms with Gasteiger partial charge >= 0.3 is 0 Å². The topological polar surface area (TPSA) is 33.6 Å². The van der Waals surface area contributed by atoms with Crippen LogP contribution in [0.3, 0.4) is 0 Å². The summed E-state index contributed by atoms with van der Waals surface area (Å²) < 4.78 is 16.2. The molecule has 6 heteroatoms. The van der Waals surface area contributed by atoms with E-state index in [4.69, 9.17) is 23.8 Å². The van der Waals surface area contributed by atoms with Gasteiger partial charge in [0.1, 0.15) is 5.82 Å². The minimum Gasteiger partial charge on any atom is -0.329 e. The van der Waals surface area contributed by atoms with Crippen molar-refractivity contribution < 1.29 is 4.39 Å². The van der Waals surface area contributed by atoms with E-state index in [0.717, 1.165) is 16.7 Å². The predicted octanol–water partition coefficient (Wildman–Crippen LogP) is 4.55. The van der Waals surface area contributed by atoms with E-state index < -0.39 is 0 Å². The fourth-order valence-electron chi connectivity index (χ4n) is 2.47. The zero-order chi connectivity index (χ0) is 15.1. The van der Waals surface area contributed by atoms with E-state index in [0.29, 0.717) is 27.5 Å². The SMILES string of the molecule is Cc1cc(Cn2c(=S)[nH]c3cc(Cl)cnc32)cc(C)c1F. The van der Waals surface area contributed by atoms with E-state index in [2.05, 4.69) is 9.97 Å². The van der Waals surface area contributed by atoms with E-state index in [1.165, 1.54) is 0 Å². The summed E-state index contributed by atoms with van der Waals surface area (Å²) in [5.41, 5.74) is 3.78. The molecule has 0 atom stereocenters. The van der Waals surface area contributed by atoms with Gasteiger partial charge in [0.2, 0.25) is 0 Å². The molecule has 3 nitrogen and oxygen atoms in total. The van der Waals surface area contributed by atoms with Crippen molar-refractivity contribution in [3.8, 4) is 0 Å². The number of aromatic amines is 1. The van der Waals surface area contributed by atoms with Gasteiger partial charge in [-0.1, -0.05) is 23.7 Å². The Morgan fingerprint density at radius 2 is 1.95 bits per heavy atom. The molecule has 0 bridgehead atoms. The third-order valence-electron chi connectivity index (χ3n) is 3.41. The fraction of sp³-hybridized carbons (Fsp3) is 0.200. The van der Waals surface area contributed by atoms with Crippen molar-refractivity contribution in [2.75, 3.05) is 0 Å². The molecule has 0 aliphatic carbocycles. The highest BCUT2D eigenvalue weighted by molar-refractivity contribution is 7.71. The molecule has 0 amide bonds. The summed E-state index contributed by atoms with van der Waals surface area (Å²) >= 11 is 11.3. The van der Waals surface area contributed by atoms with Crippen LogP contribution in [0.4, 0.5) is 4.39 Å². The van der Waals surface area contributed by atoms with Gasteiger partial charge in [0.25, 0.3) is 0 Å². The van der Waals surface area contributed by atoms with E-state index in [1.807, 2.05) is 16.7 Å². The first kappa shape index (κ1) is 14.2. The second-order valence-electron chi connectivity index (χ2n) is 5.08. The van der Waals surface area contributed by atoms with Crippen molar-refractivity contribution in [1.29, 1.82) is 0 Å². The summed E-state index contributed by atoms with van der Waals surface area (Å²) in [5, 5.41) is 0.555. The first-order valence-corrected chi connectivity index (χ1v) is 7.24. The number of imidazole rings is 1. The van der Waals surface area contributed by atoms with Gasteiger partial charge < -0.3 is 4.98 Å². The molecule has 0 aliphatic heterocycles. The van der Waals surface area contributed by atoms with Crippen LogP contribution in [0.2, 0.25) is 5.02 Å². The van der Waals surface area contributed by atoms with Crippen LogP contribution in [0.1, 0.15) is 16.7 Å². The number of fused-ring (bicyclic) bond motifs is 1. The van der Waals surface area contributed by atoms with Crippen molar-refractivity contribution >= 4 is 35.0 Å². The molecule has 0 fully saturated rings. The van der Waals surface area contributed by atoms with Crippen LogP contribution in [-0.4, -0.2) is 14.5 Å². The number of aryl methyl sites for hydroxylation is 2. The van der Waals surface area contributed by atoms with Crippen LogP contribution in [0.15, 0.2) is 24.4 Å². The molecule has 21 heavy (non-hydrogen) atoms. The summed E-state index contributed by atoms with van der Waals surface area (Å²) in [6.07, 6.45) is 1.59. The molecular formula is C15H13ClFN3S. The molecule has 0 saturated heterocycles. The average Bonchev–Trinajstić information content (AvgIpc) is 2.71. The fourth-order valence-corrected chi connectivity index (χ4v) is 2.89. The zero-order valence-corrected chi connectivity index (χ0v) is 13.1.